The van der Waals surface area contributed by atoms with E-state index in [9.17, 15) is 4.79 Å². The summed E-state index contributed by atoms with van der Waals surface area (Å²) in [6.07, 6.45) is -0.317. The van der Waals surface area contributed by atoms with E-state index in [0.29, 0.717) is 12.2 Å². The molecule has 5 heteroatoms. The van der Waals surface area contributed by atoms with Crippen molar-refractivity contribution < 1.29 is 14.3 Å². The largest absolute Gasteiger partial charge is 0.492 e. The van der Waals surface area contributed by atoms with Gasteiger partial charge in [0.15, 0.2) is 0 Å². The van der Waals surface area contributed by atoms with Crippen LogP contribution in [-0.2, 0) is 4.74 Å². The number of nitrogens with one attached hydrogen (secondary N) is 1. The van der Waals surface area contributed by atoms with Crippen molar-refractivity contribution in [2.24, 2.45) is 0 Å². The Bertz CT molecular complexity index is 916. The summed E-state index contributed by atoms with van der Waals surface area (Å²) in [5.74, 6) is 0.411. The van der Waals surface area contributed by atoms with E-state index in [-0.39, 0.29) is 12.1 Å². The lowest BCUT2D eigenvalue weighted by molar-refractivity contribution is 0.0339. The third-order valence-corrected chi connectivity index (χ3v) is 4.52. The van der Waals surface area contributed by atoms with Gasteiger partial charge in [0.05, 0.1) is 5.56 Å². The SMILES string of the molecule is Cc1[nH]c2ccc(OCCN(C)C)cc2c1C(=O)O[C@@H](C)c1ccccc1. The van der Waals surface area contributed by atoms with Gasteiger partial charge < -0.3 is 19.4 Å². The third kappa shape index (κ3) is 4.49. The predicted octanol–water partition coefficient (Wildman–Crippen LogP) is 4.33. The molecule has 0 aliphatic heterocycles. The Balaban J connectivity index is 1.82. The fourth-order valence-corrected chi connectivity index (χ4v) is 3.02. The molecule has 0 spiro atoms. The number of hydrogen-bond donors (Lipinski definition) is 1. The van der Waals surface area contributed by atoms with Gasteiger partial charge in [-0.1, -0.05) is 30.3 Å². The minimum Gasteiger partial charge on any atom is -0.492 e. The number of carbonyl (C=O) groups excluding carboxylic acids is 1. The number of H-pyrrole nitrogens is 1. The first-order chi connectivity index (χ1) is 13.0. The monoisotopic (exact) mass is 366 g/mol. The lowest BCUT2D eigenvalue weighted by atomic mass is 10.1. The molecule has 1 aromatic heterocycles. The van der Waals surface area contributed by atoms with Gasteiger partial charge in [-0.15, -0.1) is 0 Å². The Morgan fingerprint density at radius 1 is 1.15 bits per heavy atom. The van der Waals surface area contributed by atoms with Crippen LogP contribution in [0, 0.1) is 6.92 Å². The smallest absolute Gasteiger partial charge is 0.341 e. The van der Waals surface area contributed by atoms with Crippen LogP contribution < -0.4 is 4.74 Å². The molecule has 0 saturated heterocycles. The zero-order valence-corrected chi connectivity index (χ0v) is 16.3. The molecule has 1 N–H and O–H groups in total. The lowest BCUT2D eigenvalue weighted by Gasteiger charge is -2.14. The Hall–Kier alpha value is -2.79. The molecule has 0 fully saturated rings. The molecule has 0 unspecified atom stereocenters. The zero-order chi connectivity index (χ0) is 19.4. The van der Waals surface area contributed by atoms with E-state index in [1.807, 2.05) is 76.5 Å². The van der Waals surface area contributed by atoms with Crippen molar-refractivity contribution in [1.82, 2.24) is 9.88 Å². The van der Waals surface area contributed by atoms with Crippen molar-refractivity contribution in [2.75, 3.05) is 27.2 Å². The van der Waals surface area contributed by atoms with Crippen LogP contribution in [-0.4, -0.2) is 43.1 Å². The number of ether oxygens (including phenoxy) is 2. The molecule has 0 bridgehead atoms. The fourth-order valence-electron chi connectivity index (χ4n) is 3.02. The number of likely N-dealkylation sites (N-methyl/N-ethyl adjacent to an activating group) is 1. The normalized spacial score (nSPS) is 12.3. The highest BCUT2D eigenvalue weighted by Gasteiger charge is 2.20. The maximum Gasteiger partial charge on any atom is 0.341 e. The Morgan fingerprint density at radius 2 is 1.89 bits per heavy atom. The van der Waals surface area contributed by atoms with Crippen LogP contribution >= 0.6 is 0 Å². The average molecular weight is 366 g/mol. The number of aromatic amines is 1. The predicted molar refractivity (Wildman–Crippen MR) is 107 cm³/mol. The van der Waals surface area contributed by atoms with Gasteiger partial charge in [0, 0.05) is 23.1 Å². The highest BCUT2D eigenvalue weighted by Crippen LogP contribution is 2.28. The van der Waals surface area contributed by atoms with Crippen LogP contribution in [0.15, 0.2) is 48.5 Å². The van der Waals surface area contributed by atoms with E-state index < -0.39 is 0 Å². The van der Waals surface area contributed by atoms with Crippen molar-refractivity contribution >= 4 is 16.9 Å². The summed E-state index contributed by atoms with van der Waals surface area (Å²) in [6.45, 7) is 5.18. The number of aryl methyl sites for hydroxylation is 1. The molecule has 3 aromatic rings. The van der Waals surface area contributed by atoms with E-state index in [4.69, 9.17) is 9.47 Å². The second-order valence-electron chi connectivity index (χ2n) is 6.94. The Kier molecular flexibility index (Phi) is 5.81. The molecule has 0 aliphatic carbocycles. The topological polar surface area (TPSA) is 54.6 Å². The summed E-state index contributed by atoms with van der Waals surface area (Å²) < 4.78 is 11.5. The molecule has 0 amide bonds. The van der Waals surface area contributed by atoms with Crippen LogP contribution in [0.4, 0.5) is 0 Å². The van der Waals surface area contributed by atoms with Gasteiger partial charge in [-0.05, 0) is 51.7 Å². The van der Waals surface area contributed by atoms with Crippen LogP contribution in [0.3, 0.4) is 0 Å². The molecule has 0 radical (unpaired) electrons. The number of benzene rings is 2. The lowest BCUT2D eigenvalue weighted by Crippen LogP contribution is -2.19. The van der Waals surface area contributed by atoms with Gasteiger partial charge >= 0.3 is 5.97 Å². The summed E-state index contributed by atoms with van der Waals surface area (Å²) in [5.41, 5.74) is 3.22. The first kappa shape index (κ1) is 19.0. The van der Waals surface area contributed by atoms with Gasteiger partial charge in [-0.25, -0.2) is 4.79 Å². The highest BCUT2D eigenvalue weighted by molar-refractivity contribution is 6.06. The molecule has 27 heavy (non-hydrogen) atoms. The second-order valence-corrected chi connectivity index (χ2v) is 6.94. The fraction of sp³-hybridized carbons (Fsp3) is 0.318. The van der Waals surface area contributed by atoms with E-state index in [2.05, 4.69) is 9.88 Å². The molecule has 142 valence electrons. The number of hydrogen-bond acceptors (Lipinski definition) is 4. The first-order valence-corrected chi connectivity index (χ1v) is 9.11. The maximum atomic E-state index is 12.8. The van der Waals surface area contributed by atoms with Gasteiger partial charge in [-0.2, -0.15) is 0 Å². The molecule has 1 heterocycles. The van der Waals surface area contributed by atoms with Crippen LogP contribution in [0.1, 0.15) is 34.6 Å². The van der Waals surface area contributed by atoms with E-state index in [1.165, 1.54) is 0 Å². The molecule has 5 nitrogen and oxygen atoms in total. The van der Waals surface area contributed by atoms with Crippen molar-refractivity contribution in [3.8, 4) is 5.75 Å². The molecule has 1 atom stereocenters. The number of aromatic nitrogens is 1. The Labute approximate surface area is 159 Å². The minimum atomic E-state index is -0.333. The summed E-state index contributed by atoms with van der Waals surface area (Å²) in [5, 5.41) is 0.820. The molecule has 2 aromatic carbocycles. The van der Waals surface area contributed by atoms with Crippen LogP contribution in [0.5, 0.6) is 5.75 Å². The number of fused-ring (bicyclic) bond motifs is 1. The van der Waals surface area contributed by atoms with Gasteiger partial charge in [0.2, 0.25) is 0 Å². The van der Waals surface area contributed by atoms with Crippen LogP contribution in [0.25, 0.3) is 10.9 Å². The zero-order valence-electron chi connectivity index (χ0n) is 16.3. The van der Waals surface area contributed by atoms with Crippen molar-refractivity contribution in [3.63, 3.8) is 0 Å². The van der Waals surface area contributed by atoms with E-state index in [0.717, 1.165) is 34.5 Å². The van der Waals surface area contributed by atoms with Gasteiger partial charge in [0.25, 0.3) is 0 Å². The molecular formula is C22H26N2O3. The quantitative estimate of drug-likeness (QED) is 0.632. The molecule has 3 rings (SSSR count). The maximum absolute atomic E-state index is 12.8. The van der Waals surface area contributed by atoms with Gasteiger partial charge in [-0.3, -0.25) is 0 Å². The third-order valence-electron chi connectivity index (χ3n) is 4.52. The van der Waals surface area contributed by atoms with Crippen molar-refractivity contribution in [3.05, 3.63) is 65.4 Å². The number of esters is 1. The van der Waals surface area contributed by atoms with E-state index in [1.54, 1.807) is 0 Å². The first-order valence-electron chi connectivity index (χ1n) is 9.11. The number of nitrogens with zero attached hydrogens (tertiary/aromatic N) is 1. The Morgan fingerprint density at radius 3 is 2.59 bits per heavy atom. The summed E-state index contributed by atoms with van der Waals surface area (Å²) in [7, 11) is 4.01. The standard InChI is InChI=1S/C22H26N2O3/c1-15-21(22(25)27-16(2)17-8-6-5-7-9-17)19-14-18(10-11-20(19)23-15)26-13-12-24(3)4/h5-11,14,16,23H,12-13H2,1-4H3/t16-/m0/s1. The second kappa shape index (κ2) is 8.27. The molecule has 0 saturated carbocycles. The average Bonchev–Trinajstić information content (AvgIpc) is 2.97. The number of rotatable bonds is 7. The summed E-state index contributed by atoms with van der Waals surface area (Å²) >= 11 is 0. The molecular weight excluding hydrogens is 340 g/mol. The summed E-state index contributed by atoms with van der Waals surface area (Å²) in [6, 6.07) is 15.5. The van der Waals surface area contributed by atoms with E-state index >= 15 is 0 Å². The van der Waals surface area contributed by atoms with Crippen molar-refractivity contribution in [1.29, 1.82) is 0 Å². The molecule has 0 aliphatic rings. The summed E-state index contributed by atoms with van der Waals surface area (Å²) in [4.78, 5) is 18.2. The van der Waals surface area contributed by atoms with Crippen molar-refractivity contribution in [2.45, 2.75) is 20.0 Å². The van der Waals surface area contributed by atoms with Crippen LogP contribution in [0.2, 0.25) is 0 Å². The highest BCUT2D eigenvalue weighted by atomic mass is 16.5. The van der Waals surface area contributed by atoms with Gasteiger partial charge in [0.1, 0.15) is 18.5 Å². The number of carbonyl (C=O) groups is 1. The minimum absolute atomic E-state index is 0.317.